The zero-order valence-electron chi connectivity index (χ0n) is 12.8. The molecule has 6 heteroatoms. The first-order chi connectivity index (χ1) is 9.29. The average Bonchev–Trinajstić information content (AvgIpc) is 2.35. The van der Waals surface area contributed by atoms with Crippen molar-refractivity contribution in [2.24, 2.45) is 11.8 Å². The molecule has 0 saturated heterocycles. The van der Waals surface area contributed by atoms with E-state index in [9.17, 15) is 9.59 Å². The molecular formula is C14H28N2O4. The van der Waals surface area contributed by atoms with Crippen molar-refractivity contribution >= 4 is 11.8 Å². The summed E-state index contributed by atoms with van der Waals surface area (Å²) in [6.45, 7) is 7.48. The molecule has 0 bridgehead atoms. The fourth-order valence-electron chi connectivity index (χ4n) is 2.00. The van der Waals surface area contributed by atoms with E-state index < -0.39 is 23.9 Å². The second-order valence-corrected chi connectivity index (χ2v) is 5.97. The number of hydrogen-bond acceptors (Lipinski definition) is 4. The van der Waals surface area contributed by atoms with Crippen LogP contribution in [0, 0.1) is 11.8 Å². The molecule has 118 valence electrons. The number of rotatable bonds is 8. The predicted octanol–water partition coefficient (Wildman–Crippen LogP) is 0.0328. The van der Waals surface area contributed by atoms with Crippen molar-refractivity contribution in [2.45, 2.75) is 52.6 Å². The zero-order chi connectivity index (χ0) is 15.7. The lowest BCUT2D eigenvalue weighted by Gasteiger charge is -2.20. The maximum Gasteiger partial charge on any atom is 0.309 e. The van der Waals surface area contributed by atoms with Gasteiger partial charge in [0.2, 0.25) is 0 Å². The van der Waals surface area contributed by atoms with Crippen molar-refractivity contribution in [2.75, 3.05) is 13.2 Å². The molecule has 0 radical (unpaired) electrons. The van der Waals surface area contributed by atoms with Crippen LogP contribution in [-0.4, -0.2) is 47.3 Å². The molecule has 0 aromatic carbocycles. The maximum atomic E-state index is 11.7. The Kier molecular flexibility index (Phi) is 9.16. The van der Waals surface area contributed by atoms with Crippen LogP contribution in [0.4, 0.5) is 0 Å². The van der Waals surface area contributed by atoms with Gasteiger partial charge in [0.15, 0.2) is 0 Å². The molecule has 0 spiro atoms. The van der Waals surface area contributed by atoms with Crippen LogP contribution in [0.5, 0.6) is 0 Å². The molecule has 0 rings (SSSR count). The molecule has 4 N–H and O–H groups in total. The number of hydrogen-bond donors (Lipinski definition) is 4. The maximum absolute atomic E-state index is 11.7. The highest BCUT2D eigenvalue weighted by molar-refractivity contribution is 6.35. The minimum atomic E-state index is -0.771. The summed E-state index contributed by atoms with van der Waals surface area (Å²) in [6.07, 6.45) is 1.20. The van der Waals surface area contributed by atoms with Crippen LogP contribution in [-0.2, 0) is 9.59 Å². The standard InChI is InChI=1S/C14H28N2O4/c1-9(2)5-11(7-17)15-13(19)14(20)16-12(8-18)6-10(3)4/h9-12,17-18H,5-8H2,1-4H3,(H,15,19)(H,16,20)/t11-,12-/m0/s1. The SMILES string of the molecule is CC(C)C[C@@H](CO)NC(=O)C(=O)N[C@H](CO)CC(C)C. The first-order valence-corrected chi connectivity index (χ1v) is 7.13. The lowest BCUT2D eigenvalue weighted by atomic mass is 10.0. The molecule has 0 aromatic heterocycles. The van der Waals surface area contributed by atoms with Crippen LogP contribution in [0.15, 0.2) is 0 Å². The first kappa shape index (κ1) is 18.9. The summed E-state index contributed by atoms with van der Waals surface area (Å²) in [4.78, 5) is 23.4. The molecule has 0 aliphatic heterocycles. The van der Waals surface area contributed by atoms with E-state index in [1.54, 1.807) is 0 Å². The molecule has 0 heterocycles. The smallest absolute Gasteiger partial charge is 0.309 e. The number of aliphatic hydroxyl groups excluding tert-OH is 2. The predicted molar refractivity (Wildman–Crippen MR) is 76.9 cm³/mol. The third-order valence-electron chi connectivity index (χ3n) is 2.83. The topological polar surface area (TPSA) is 98.7 Å². The van der Waals surface area contributed by atoms with Crippen LogP contribution in [0.3, 0.4) is 0 Å². The molecule has 0 fully saturated rings. The van der Waals surface area contributed by atoms with E-state index in [4.69, 9.17) is 10.2 Å². The van der Waals surface area contributed by atoms with Crippen molar-refractivity contribution < 1.29 is 19.8 Å². The largest absolute Gasteiger partial charge is 0.394 e. The second-order valence-electron chi connectivity index (χ2n) is 5.97. The van der Waals surface area contributed by atoms with Gasteiger partial charge in [0, 0.05) is 0 Å². The molecule has 20 heavy (non-hydrogen) atoms. The van der Waals surface area contributed by atoms with Crippen LogP contribution >= 0.6 is 0 Å². The number of aliphatic hydroxyl groups is 2. The van der Waals surface area contributed by atoms with E-state index in [2.05, 4.69) is 10.6 Å². The van der Waals surface area contributed by atoms with Gasteiger partial charge in [-0.15, -0.1) is 0 Å². The molecule has 0 saturated carbocycles. The molecule has 0 aliphatic carbocycles. The average molecular weight is 288 g/mol. The van der Waals surface area contributed by atoms with E-state index in [0.29, 0.717) is 24.7 Å². The number of carbonyl (C=O) groups excluding carboxylic acids is 2. The molecule has 2 atom stereocenters. The van der Waals surface area contributed by atoms with Crippen LogP contribution in [0.2, 0.25) is 0 Å². The van der Waals surface area contributed by atoms with Gasteiger partial charge in [-0.05, 0) is 24.7 Å². The van der Waals surface area contributed by atoms with Gasteiger partial charge in [0.25, 0.3) is 0 Å². The molecule has 0 unspecified atom stereocenters. The van der Waals surface area contributed by atoms with Crippen molar-refractivity contribution in [3.05, 3.63) is 0 Å². The summed E-state index contributed by atoms with van der Waals surface area (Å²) in [7, 11) is 0. The lowest BCUT2D eigenvalue weighted by Crippen LogP contribution is -2.50. The van der Waals surface area contributed by atoms with Gasteiger partial charge in [0.05, 0.1) is 25.3 Å². The zero-order valence-corrected chi connectivity index (χ0v) is 12.8. The Morgan fingerprint density at radius 1 is 0.800 bits per heavy atom. The van der Waals surface area contributed by atoms with Crippen molar-refractivity contribution in [3.8, 4) is 0 Å². The Morgan fingerprint density at radius 2 is 1.10 bits per heavy atom. The third-order valence-corrected chi connectivity index (χ3v) is 2.83. The van der Waals surface area contributed by atoms with Gasteiger partial charge < -0.3 is 20.8 Å². The first-order valence-electron chi connectivity index (χ1n) is 7.13. The van der Waals surface area contributed by atoms with Gasteiger partial charge in [0.1, 0.15) is 0 Å². The fourth-order valence-corrected chi connectivity index (χ4v) is 2.00. The summed E-state index contributed by atoms with van der Waals surface area (Å²) in [5.41, 5.74) is 0. The molecular weight excluding hydrogens is 260 g/mol. The van der Waals surface area contributed by atoms with Crippen molar-refractivity contribution in [1.82, 2.24) is 10.6 Å². The van der Waals surface area contributed by atoms with E-state index in [0.717, 1.165) is 0 Å². The Morgan fingerprint density at radius 3 is 1.30 bits per heavy atom. The van der Waals surface area contributed by atoms with E-state index >= 15 is 0 Å². The van der Waals surface area contributed by atoms with Gasteiger partial charge >= 0.3 is 11.8 Å². The van der Waals surface area contributed by atoms with Crippen LogP contribution < -0.4 is 10.6 Å². The Balaban J connectivity index is 4.35. The number of carbonyl (C=O) groups is 2. The van der Waals surface area contributed by atoms with Gasteiger partial charge in [-0.25, -0.2) is 0 Å². The third kappa shape index (κ3) is 8.12. The Hall–Kier alpha value is -1.14. The number of amides is 2. The summed E-state index contributed by atoms with van der Waals surface area (Å²) >= 11 is 0. The monoisotopic (exact) mass is 288 g/mol. The highest BCUT2D eigenvalue weighted by atomic mass is 16.3. The van der Waals surface area contributed by atoms with E-state index in [1.165, 1.54) is 0 Å². The number of nitrogens with one attached hydrogen (secondary N) is 2. The van der Waals surface area contributed by atoms with Crippen molar-refractivity contribution in [3.63, 3.8) is 0 Å². The molecule has 0 aliphatic rings. The summed E-state index contributed by atoms with van der Waals surface area (Å²) in [5.74, 6) is -0.929. The van der Waals surface area contributed by atoms with Crippen LogP contribution in [0.25, 0.3) is 0 Å². The van der Waals surface area contributed by atoms with Gasteiger partial charge in [-0.1, -0.05) is 27.7 Å². The van der Waals surface area contributed by atoms with Crippen LogP contribution in [0.1, 0.15) is 40.5 Å². The van der Waals surface area contributed by atoms with Crippen molar-refractivity contribution in [1.29, 1.82) is 0 Å². The summed E-state index contributed by atoms with van der Waals surface area (Å²) in [5, 5.41) is 23.3. The molecule has 0 aromatic rings. The molecule has 2 amide bonds. The minimum Gasteiger partial charge on any atom is -0.394 e. The Bertz CT molecular complexity index is 276. The Labute approximate surface area is 120 Å². The lowest BCUT2D eigenvalue weighted by molar-refractivity contribution is -0.140. The summed E-state index contributed by atoms with van der Waals surface area (Å²) < 4.78 is 0. The van der Waals surface area contributed by atoms with Gasteiger partial charge in [-0.2, -0.15) is 0 Å². The fraction of sp³-hybridized carbons (Fsp3) is 0.857. The normalized spacial score (nSPS) is 14.2. The highest BCUT2D eigenvalue weighted by Crippen LogP contribution is 2.05. The summed E-state index contributed by atoms with van der Waals surface area (Å²) in [6, 6.07) is -0.850. The minimum absolute atomic E-state index is 0.202. The highest BCUT2D eigenvalue weighted by Gasteiger charge is 2.21. The molecule has 6 nitrogen and oxygen atoms in total. The van der Waals surface area contributed by atoms with E-state index in [1.807, 2.05) is 27.7 Å². The van der Waals surface area contributed by atoms with Gasteiger partial charge in [-0.3, -0.25) is 9.59 Å². The van der Waals surface area contributed by atoms with E-state index in [-0.39, 0.29) is 13.2 Å². The second kappa shape index (κ2) is 9.72. The quantitative estimate of drug-likeness (QED) is 0.474.